The molecule has 2 amide bonds. The Morgan fingerprint density at radius 2 is 2.33 bits per heavy atom. The molecule has 0 radical (unpaired) electrons. The van der Waals surface area contributed by atoms with Gasteiger partial charge in [0.2, 0.25) is 0 Å². The third-order valence-electron chi connectivity index (χ3n) is 2.85. The number of nitrogens with two attached hydrogens (primary N) is 1. The molecule has 3 unspecified atom stereocenters. The zero-order valence-corrected chi connectivity index (χ0v) is 9.45. The summed E-state index contributed by atoms with van der Waals surface area (Å²) in [5, 5.41) is 5.74. The highest BCUT2D eigenvalue weighted by molar-refractivity contribution is 5.74. The fraction of sp³-hybridized carbons (Fsp3) is 0.900. The number of carbonyl (C=O) groups is 1. The molecule has 0 aliphatic carbocycles. The average molecular weight is 215 g/mol. The topological polar surface area (TPSA) is 76.4 Å². The minimum absolute atomic E-state index is 0.0947. The van der Waals surface area contributed by atoms with Gasteiger partial charge in [-0.25, -0.2) is 4.79 Å². The Kier molecular flexibility index (Phi) is 4.84. The molecule has 88 valence electrons. The van der Waals surface area contributed by atoms with E-state index >= 15 is 0 Å². The maximum absolute atomic E-state index is 11.5. The molecule has 1 heterocycles. The number of carbonyl (C=O) groups excluding carboxylic acids is 1. The second-order valence-electron chi connectivity index (χ2n) is 4.18. The van der Waals surface area contributed by atoms with Gasteiger partial charge in [-0.3, -0.25) is 0 Å². The number of hydrogen-bond acceptors (Lipinski definition) is 3. The van der Waals surface area contributed by atoms with Crippen LogP contribution in [0.1, 0.15) is 20.3 Å². The van der Waals surface area contributed by atoms with Crippen molar-refractivity contribution in [3.63, 3.8) is 0 Å². The van der Waals surface area contributed by atoms with Gasteiger partial charge in [-0.15, -0.1) is 0 Å². The first-order chi connectivity index (χ1) is 7.13. The van der Waals surface area contributed by atoms with Crippen molar-refractivity contribution in [2.75, 3.05) is 19.8 Å². The molecule has 0 aromatic carbocycles. The third kappa shape index (κ3) is 4.05. The lowest BCUT2D eigenvalue weighted by Gasteiger charge is -2.21. The van der Waals surface area contributed by atoms with E-state index in [-0.39, 0.29) is 24.0 Å². The van der Waals surface area contributed by atoms with Crippen molar-refractivity contribution >= 4 is 6.03 Å². The van der Waals surface area contributed by atoms with Crippen molar-refractivity contribution in [2.24, 2.45) is 11.7 Å². The molecule has 1 saturated heterocycles. The lowest BCUT2D eigenvalue weighted by molar-refractivity contribution is 0.188. The van der Waals surface area contributed by atoms with Gasteiger partial charge in [0, 0.05) is 12.6 Å². The summed E-state index contributed by atoms with van der Waals surface area (Å²) < 4.78 is 5.17. The van der Waals surface area contributed by atoms with Crippen LogP contribution in [-0.4, -0.2) is 37.9 Å². The van der Waals surface area contributed by atoms with Gasteiger partial charge in [-0.1, -0.05) is 6.92 Å². The van der Waals surface area contributed by atoms with Crippen LogP contribution in [0, 0.1) is 5.92 Å². The standard InChI is InChI=1S/C10H21N3O2/c1-7(5-11)8(2)12-10(14)13-9-3-4-15-6-9/h7-9H,3-6,11H2,1-2H3,(H2,12,13,14). The smallest absolute Gasteiger partial charge is 0.315 e. The van der Waals surface area contributed by atoms with E-state index < -0.39 is 0 Å². The van der Waals surface area contributed by atoms with E-state index in [0.29, 0.717) is 13.2 Å². The maximum Gasteiger partial charge on any atom is 0.315 e. The molecule has 0 aromatic heterocycles. The van der Waals surface area contributed by atoms with E-state index in [2.05, 4.69) is 10.6 Å². The normalized spacial score (nSPS) is 24.6. The van der Waals surface area contributed by atoms with Gasteiger partial charge in [0.1, 0.15) is 0 Å². The highest BCUT2D eigenvalue weighted by Crippen LogP contribution is 2.03. The SMILES string of the molecule is CC(CN)C(C)NC(=O)NC1CCOC1. The van der Waals surface area contributed by atoms with Crippen LogP contribution in [0.2, 0.25) is 0 Å². The van der Waals surface area contributed by atoms with Crippen LogP contribution in [0.3, 0.4) is 0 Å². The van der Waals surface area contributed by atoms with Gasteiger partial charge in [0.15, 0.2) is 0 Å². The van der Waals surface area contributed by atoms with Crippen LogP contribution in [-0.2, 0) is 4.74 Å². The third-order valence-corrected chi connectivity index (χ3v) is 2.85. The van der Waals surface area contributed by atoms with Gasteiger partial charge < -0.3 is 21.1 Å². The highest BCUT2D eigenvalue weighted by Gasteiger charge is 2.19. The van der Waals surface area contributed by atoms with Gasteiger partial charge >= 0.3 is 6.03 Å². The van der Waals surface area contributed by atoms with Gasteiger partial charge in [-0.2, -0.15) is 0 Å². The Labute approximate surface area is 90.7 Å². The number of urea groups is 1. The zero-order valence-electron chi connectivity index (χ0n) is 9.45. The first-order valence-corrected chi connectivity index (χ1v) is 5.48. The zero-order chi connectivity index (χ0) is 11.3. The lowest BCUT2D eigenvalue weighted by Crippen LogP contribution is -2.48. The predicted molar refractivity (Wildman–Crippen MR) is 58.6 cm³/mol. The fourth-order valence-electron chi connectivity index (χ4n) is 1.43. The molecule has 5 heteroatoms. The Bertz CT molecular complexity index is 205. The van der Waals surface area contributed by atoms with Gasteiger partial charge in [-0.05, 0) is 25.8 Å². The van der Waals surface area contributed by atoms with Crippen LogP contribution in [0.15, 0.2) is 0 Å². The van der Waals surface area contributed by atoms with Crippen molar-refractivity contribution in [3.05, 3.63) is 0 Å². The minimum Gasteiger partial charge on any atom is -0.379 e. The summed E-state index contributed by atoms with van der Waals surface area (Å²) >= 11 is 0. The molecule has 1 aliphatic rings. The van der Waals surface area contributed by atoms with Crippen LogP contribution in [0.25, 0.3) is 0 Å². The predicted octanol–water partition coefficient (Wildman–Crippen LogP) is 0.0578. The second kappa shape index (κ2) is 5.92. The summed E-state index contributed by atoms with van der Waals surface area (Å²) in [6.07, 6.45) is 0.897. The molecular formula is C10H21N3O2. The molecule has 0 bridgehead atoms. The molecule has 0 saturated carbocycles. The number of amides is 2. The molecular weight excluding hydrogens is 194 g/mol. The van der Waals surface area contributed by atoms with Crippen LogP contribution in [0.5, 0.6) is 0 Å². The molecule has 0 spiro atoms. The van der Waals surface area contributed by atoms with Crippen molar-refractivity contribution in [1.29, 1.82) is 0 Å². The first kappa shape index (κ1) is 12.3. The summed E-state index contributed by atoms with van der Waals surface area (Å²) in [5.41, 5.74) is 5.52. The van der Waals surface area contributed by atoms with E-state index in [1.54, 1.807) is 0 Å². The average Bonchev–Trinajstić information content (AvgIpc) is 2.68. The molecule has 1 rings (SSSR count). The quantitative estimate of drug-likeness (QED) is 0.620. The maximum atomic E-state index is 11.5. The summed E-state index contributed by atoms with van der Waals surface area (Å²) in [7, 11) is 0. The summed E-state index contributed by atoms with van der Waals surface area (Å²) in [4.78, 5) is 11.5. The Hall–Kier alpha value is -0.810. The van der Waals surface area contributed by atoms with E-state index in [1.807, 2.05) is 13.8 Å². The van der Waals surface area contributed by atoms with Gasteiger partial charge in [0.25, 0.3) is 0 Å². The number of rotatable bonds is 4. The lowest BCUT2D eigenvalue weighted by atomic mass is 10.0. The minimum atomic E-state index is -0.127. The fourth-order valence-corrected chi connectivity index (χ4v) is 1.43. The van der Waals surface area contributed by atoms with Crippen LogP contribution < -0.4 is 16.4 Å². The molecule has 4 N–H and O–H groups in total. The molecule has 0 aromatic rings. The van der Waals surface area contributed by atoms with E-state index in [4.69, 9.17) is 10.5 Å². The van der Waals surface area contributed by atoms with E-state index in [9.17, 15) is 4.79 Å². The molecule has 5 nitrogen and oxygen atoms in total. The van der Waals surface area contributed by atoms with Crippen molar-refractivity contribution < 1.29 is 9.53 Å². The van der Waals surface area contributed by atoms with Crippen LogP contribution >= 0.6 is 0 Å². The Balaban J connectivity index is 2.22. The molecule has 15 heavy (non-hydrogen) atoms. The largest absolute Gasteiger partial charge is 0.379 e. The Morgan fingerprint density at radius 3 is 2.87 bits per heavy atom. The second-order valence-corrected chi connectivity index (χ2v) is 4.18. The molecule has 3 atom stereocenters. The van der Waals surface area contributed by atoms with E-state index in [1.165, 1.54) is 0 Å². The van der Waals surface area contributed by atoms with Gasteiger partial charge in [0.05, 0.1) is 12.6 Å². The van der Waals surface area contributed by atoms with Crippen LogP contribution in [0.4, 0.5) is 4.79 Å². The van der Waals surface area contributed by atoms with Crippen molar-refractivity contribution in [3.8, 4) is 0 Å². The summed E-state index contributed by atoms with van der Waals surface area (Å²) in [6.45, 7) is 5.91. The summed E-state index contributed by atoms with van der Waals surface area (Å²) in [5.74, 6) is 0.288. The van der Waals surface area contributed by atoms with Crippen molar-refractivity contribution in [2.45, 2.75) is 32.4 Å². The monoisotopic (exact) mass is 215 g/mol. The number of ether oxygens (including phenoxy) is 1. The molecule has 1 fully saturated rings. The van der Waals surface area contributed by atoms with E-state index in [0.717, 1.165) is 13.0 Å². The highest BCUT2D eigenvalue weighted by atomic mass is 16.5. The first-order valence-electron chi connectivity index (χ1n) is 5.48. The number of hydrogen-bond donors (Lipinski definition) is 3. The number of nitrogens with one attached hydrogen (secondary N) is 2. The summed E-state index contributed by atoms with van der Waals surface area (Å²) in [6, 6.07) is 0.126. The van der Waals surface area contributed by atoms with Crippen molar-refractivity contribution in [1.82, 2.24) is 10.6 Å². The Morgan fingerprint density at radius 1 is 1.60 bits per heavy atom. The molecule has 1 aliphatic heterocycles.